The van der Waals surface area contributed by atoms with Gasteiger partial charge in [0.15, 0.2) is 0 Å². The topological polar surface area (TPSA) is 32.3 Å². The van der Waals surface area contributed by atoms with Crippen LogP contribution in [-0.2, 0) is 19.4 Å². The van der Waals surface area contributed by atoms with E-state index in [-0.39, 0.29) is 0 Å². The number of hydrogen-bond acceptors (Lipinski definition) is 5. The first-order chi connectivity index (χ1) is 11.1. The van der Waals surface area contributed by atoms with Gasteiger partial charge < -0.3 is 4.90 Å². The van der Waals surface area contributed by atoms with Crippen molar-refractivity contribution in [2.75, 3.05) is 32.1 Å². The van der Waals surface area contributed by atoms with Crippen LogP contribution in [0.1, 0.15) is 42.5 Å². The molecule has 0 aromatic carbocycles. The average Bonchev–Trinajstić information content (AvgIpc) is 3.09. The molecular weight excluding hydrogens is 304 g/mol. The maximum absolute atomic E-state index is 4.94. The fourth-order valence-electron chi connectivity index (χ4n) is 3.83. The van der Waals surface area contributed by atoms with Crippen LogP contribution in [0.4, 0.5) is 5.82 Å². The van der Waals surface area contributed by atoms with Crippen LogP contribution >= 0.6 is 11.3 Å². The Bertz CT molecular complexity index is 713. The van der Waals surface area contributed by atoms with E-state index in [1.165, 1.54) is 61.0 Å². The smallest absolute Gasteiger partial charge is 0.146 e. The molecule has 124 valence electrons. The molecule has 4 nitrogen and oxygen atoms in total. The van der Waals surface area contributed by atoms with E-state index in [4.69, 9.17) is 9.97 Å². The van der Waals surface area contributed by atoms with Gasteiger partial charge in [-0.15, -0.1) is 11.3 Å². The minimum atomic E-state index is 0.868. The van der Waals surface area contributed by atoms with Gasteiger partial charge in [-0.1, -0.05) is 6.92 Å². The Morgan fingerprint density at radius 3 is 2.70 bits per heavy atom. The molecule has 0 N–H and O–H groups in total. The summed E-state index contributed by atoms with van der Waals surface area (Å²) in [6.45, 7) is 5.62. The van der Waals surface area contributed by atoms with Gasteiger partial charge in [0.05, 0.1) is 11.9 Å². The van der Waals surface area contributed by atoms with Crippen molar-refractivity contribution in [1.82, 2.24) is 14.9 Å². The normalized spacial score (nSPS) is 19.4. The Kier molecular flexibility index (Phi) is 4.01. The highest BCUT2D eigenvalue weighted by atomic mass is 32.1. The highest BCUT2D eigenvalue weighted by Gasteiger charge is 2.24. The first kappa shape index (κ1) is 15.3. The number of aryl methyl sites for hydroxylation is 2. The second kappa shape index (κ2) is 6.02. The van der Waals surface area contributed by atoms with Crippen molar-refractivity contribution in [2.45, 2.75) is 45.6 Å². The summed E-state index contributed by atoms with van der Waals surface area (Å²) in [4.78, 5) is 17.3. The molecule has 2 aliphatic rings. The van der Waals surface area contributed by atoms with Gasteiger partial charge in [0.2, 0.25) is 0 Å². The molecule has 0 saturated carbocycles. The summed E-state index contributed by atoms with van der Waals surface area (Å²) in [5.74, 6) is 2.98. The number of fused-ring (bicyclic) bond motifs is 3. The van der Waals surface area contributed by atoms with Gasteiger partial charge in [0.25, 0.3) is 0 Å². The summed E-state index contributed by atoms with van der Waals surface area (Å²) in [5.41, 5.74) is 1.52. The second-order valence-corrected chi connectivity index (χ2v) is 8.44. The van der Waals surface area contributed by atoms with Crippen LogP contribution in [-0.4, -0.2) is 42.1 Å². The lowest BCUT2D eigenvalue weighted by Crippen LogP contribution is -2.33. The molecule has 0 unspecified atom stereocenters. The molecule has 0 bridgehead atoms. The first-order valence-corrected chi connectivity index (χ1v) is 9.64. The molecule has 1 aliphatic heterocycles. The maximum atomic E-state index is 4.94. The monoisotopic (exact) mass is 330 g/mol. The Hall–Kier alpha value is -1.20. The van der Waals surface area contributed by atoms with Gasteiger partial charge >= 0.3 is 0 Å². The van der Waals surface area contributed by atoms with Gasteiger partial charge in [-0.25, -0.2) is 9.97 Å². The molecule has 5 heteroatoms. The van der Waals surface area contributed by atoms with Gasteiger partial charge in [-0.3, -0.25) is 4.90 Å². The molecule has 0 amide bonds. The van der Waals surface area contributed by atoms with Crippen molar-refractivity contribution < 1.29 is 0 Å². The Morgan fingerprint density at radius 2 is 1.96 bits per heavy atom. The molecule has 0 spiro atoms. The van der Waals surface area contributed by atoms with Crippen molar-refractivity contribution in [2.24, 2.45) is 5.92 Å². The zero-order valence-corrected chi connectivity index (χ0v) is 15.2. The van der Waals surface area contributed by atoms with Crippen LogP contribution in [0.5, 0.6) is 0 Å². The zero-order valence-electron chi connectivity index (χ0n) is 14.4. The van der Waals surface area contributed by atoms with Crippen LogP contribution in [0.25, 0.3) is 10.2 Å². The van der Waals surface area contributed by atoms with Gasteiger partial charge in [-0.05, 0) is 56.7 Å². The third kappa shape index (κ3) is 2.85. The summed E-state index contributed by atoms with van der Waals surface area (Å²) in [6.07, 6.45) is 6.31. The van der Waals surface area contributed by atoms with Crippen molar-refractivity contribution in [1.29, 1.82) is 0 Å². The van der Waals surface area contributed by atoms with Crippen molar-refractivity contribution >= 4 is 27.4 Å². The fourth-order valence-corrected chi connectivity index (χ4v) is 5.11. The van der Waals surface area contributed by atoms with Crippen LogP contribution in [0.2, 0.25) is 0 Å². The minimum absolute atomic E-state index is 0.868. The number of nitrogens with zero attached hydrogens (tertiary/aromatic N) is 4. The van der Waals surface area contributed by atoms with E-state index in [0.29, 0.717) is 0 Å². The van der Waals surface area contributed by atoms with Crippen LogP contribution in [0.3, 0.4) is 0 Å². The van der Waals surface area contributed by atoms with Crippen LogP contribution in [0.15, 0.2) is 0 Å². The first-order valence-electron chi connectivity index (χ1n) is 8.82. The van der Waals surface area contributed by atoms with Crippen LogP contribution < -0.4 is 4.90 Å². The predicted octanol–water partition coefficient (Wildman–Crippen LogP) is 3.48. The van der Waals surface area contributed by atoms with E-state index in [0.717, 1.165) is 24.1 Å². The molecule has 2 aromatic heterocycles. The number of hydrogen-bond donors (Lipinski definition) is 0. The molecule has 0 atom stereocenters. The van der Waals surface area contributed by atoms with E-state index in [2.05, 4.69) is 30.8 Å². The molecule has 2 aromatic rings. The summed E-state index contributed by atoms with van der Waals surface area (Å²) >= 11 is 1.90. The molecular formula is C18H26N4S. The predicted molar refractivity (Wildman–Crippen MR) is 97.4 cm³/mol. The molecule has 23 heavy (non-hydrogen) atoms. The number of aromatic nitrogens is 2. The number of piperidine rings is 1. The molecule has 1 aliphatic carbocycles. The molecule has 1 saturated heterocycles. The molecule has 4 rings (SSSR count). The van der Waals surface area contributed by atoms with Crippen LogP contribution in [0, 0.1) is 5.92 Å². The van der Waals surface area contributed by atoms with Gasteiger partial charge in [-0.2, -0.15) is 0 Å². The second-order valence-electron chi connectivity index (χ2n) is 7.35. The highest BCUT2D eigenvalue weighted by Crippen LogP contribution is 2.40. The molecule has 0 radical (unpaired) electrons. The van der Waals surface area contributed by atoms with Crippen molar-refractivity contribution in [3.63, 3.8) is 0 Å². The lowest BCUT2D eigenvalue weighted by molar-refractivity contribution is 0.181. The number of likely N-dealkylation sites (tertiary alicyclic amines) is 1. The van der Waals surface area contributed by atoms with Gasteiger partial charge in [0.1, 0.15) is 16.5 Å². The maximum Gasteiger partial charge on any atom is 0.146 e. The van der Waals surface area contributed by atoms with Gasteiger partial charge in [0, 0.05) is 19.0 Å². The third-order valence-electron chi connectivity index (χ3n) is 5.26. The van der Waals surface area contributed by atoms with Crippen molar-refractivity contribution in [3.05, 3.63) is 16.3 Å². The number of thiophene rings is 1. The average molecular weight is 331 g/mol. The Balaban J connectivity index is 1.68. The summed E-state index contributed by atoms with van der Waals surface area (Å²) in [7, 11) is 4.21. The quantitative estimate of drug-likeness (QED) is 0.862. The standard InChI is InChI=1S/C18H26N4S/c1-12-7-9-22(10-8-12)11-15-19-17(21(2)3)16-13-5-4-6-14(13)23-18(16)20-15/h12H,4-11H2,1-3H3. The fraction of sp³-hybridized carbons (Fsp3) is 0.667. The Morgan fingerprint density at radius 1 is 1.17 bits per heavy atom. The zero-order chi connectivity index (χ0) is 16.0. The Labute approximate surface area is 142 Å². The number of anilines is 1. The van der Waals surface area contributed by atoms with E-state index >= 15 is 0 Å². The number of rotatable bonds is 3. The summed E-state index contributed by atoms with van der Waals surface area (Å²) < 4.78 is 0. The molecule has 3 heterocycles. The largest absolute Gasteiger partial charge is 0.362 e. The third-order valence-corrected chi connectivity index (χ3v) is 6.44. The summed E-state index contributed by atoms with van der Waals surface area (Å²) in [5, 5.41) is 1.32. The lowest BCUT2D eigenvalue weighted by atomic mass is 9.99. The van der Waals surface area contributed by atoms with E-state index < -0.39 is 0 Å². The van der Waals surface area contributed by atoms with E-state index in [9.17, 15) is 0 Å². The SMILES string of the molecule is CC1CCN(Cc2nc(N(C)C)c3c4c(sc3n2)CCC4)CC1. The summed E-state index contributed by atoms with van der Waals surface area (Å²) in [6, 6.07) is 0. The lowest BCUT2D eigenvalue weighted by Gasteiger charge is -2.29. The minimum Gasteiger partial charge on any atom is -0.362 e. The highest BCUT2D eigenvalue weighted by molar-refractivity contribution is 7.19. The van der Waals surface area contributed by atoms with E-state index in [1.54, 1.807) is 4.88 Å². The molecule has 1 fully saturated rings. The van der Waals surface area contributed by atoms with Crippen molar-refractivity contribution in [3.8, 4) is 0 Å². The van der Waals surface area contributed by atoms with E-state index in [1.807, 2.05) is 11.3 Å².